The van der Waals surface area contributed by atoms with Crippen molar-refractivity contribution in [1.29, 1.82) is 0 Å². The number of nitrogens with one attached hydrogen (secondary N) is 1. The number of amides is 2. The zero-order valence-electron chi connectivity index (χ0n) is 21.0. The minimum atomic E-state index is -4.79. The van der Waals surface area contributed by atoms with Gasteiger partial charge in [-0.05, 0) is 47.4 Å². The van der Waals surface area contributed by atoms with Crippen molar-refractivity contribution >= 4 is 17.7 Å². The van der Waals surface area contributed by atoms with E-state index in [0.717, 1.165) is 17.7 Å². The highest BCUT2D eigenvalue weighted by Gasteiger charge is 2.48. The Morgan fingerprint density at radius 3 is 2.32 bits per heavy atom. The first-order valence-electron chi connectivity index (χ1n) is 11.7. The normalized spacial score (nSPS) is 18.2. The summed E-state index contributed by atoms with van der Waals surface area (Å²) in [5.74, 6) is -0.796. The van der Waals surface area contributed by atoms with Gasteiger partial charge in [0.25, 0.3) is 5.91 Å². The van der Waals surface area contributed by atoms with Crippen LogP contribution in [-0.4, -0.2) is 57.8 Å². The molecule has 2 aromatic carbocycles. The summed E-state index contributed by atoms with van der Waals surface area (Å²) in [5, 5.41) is 16.4. The Kier molecular flexibility index (Phi) is 7.11. The van der Waals surface area contributed by atoms with Gasteiger partial charge in [-0.25, -0.2) is 9.48 Å². The molecular formula is C26H27F3N4O5. The second-order valence-corrected chi connectivity index (χ2v) is 9.88. The summed E-state index contributed by atoms with van der Waals surface area (Å²) in [6.07, 6.45) is -2.99. The number of carbonyl (C=O) groups is 2. The average molecular weight is 533 g/mol. The van der Waals surface area contributed by atoms with Gasteiger partial charge in [-0.3, -0.25) is 4.79 Å². The standard InChI is InChI=1S/C26H27F3N4O5/c1-24(2,3)25(16-32(23(35)36)12-13-37-25)18-4-6-19(7-5-18)31-22(34)17-14-30-33(15-17)20-8-10-21(11-9-20)38-26(27,28)29/h4-11,14-15H,12-13,16H2,1-3H3,(H,31,34)(H,35,36)/t25-/m1/s1. The summed E-state index contributed by atoms with van der Waals surface area (Å²) in [5.41, 5.74) is 0.697. The highest BCUT2D eigenvalue weighted by Crippen LogP contribution is 2.45. The zero-order chi connectivity index (χ0) is 27.7. The third-order valence-corrected chi connectivity index (χ3v) is 6.39. The minimum absolute atomic E-state index is 0.181. The van der Waals surface area contributed by atoms with Crippen molar-refractivity contribution in [1.82, 2.24) is 14.7 Å². The maximum atomic E-state index is 12.8. The number of aromatic nitrogens is 2. The molecule has 3 aromatic rings. The topological polar surface area (TPSA) is 106 Å². The number of rotatable bonds is 5. The Bertz CT molecular complexity index is 1300. The van der Waals surface area contributed by atoms with Gasteiger partial charge < -0.3 is 24.8 Å². The number of hydrogen-bond donors (Lipinski definition) is 2. The molecule has 1 atom stereocenters. The van der Waals surface area contributed by atoms with Gasteiger partial charge in [0.05, 0.1) is 30.6 Å². The lowest BCUT2D eigenvalue weighted by Crippen LogP contribution is -2.57. The second kappa shape index (κ2) is 10.0. The zero-order valence-corrected chi connectivity index (χ0v) is 21.0. The molecule has 1 saturated heterocycles. The fourth-order valence-electron chi connectivity index (χ4n) is 4.36. The van der Waals surface area contributed by atoms with E-state index in [1.165, 1.54) is 34.1 Å². The fraction of sp³-hybridized carbons (Fsp3) is 0.346. The number of halogens is 3. The lowest BCUT2D eigenvalue weighted by atomic mass is 9.71. The average Bonchev–Trinajstić information content (AvgIpc) is 3.34. The van der Waals surface area contributed by atoms with E-state index < -0.39 is 29.4 Å². The number of alkyl halides is 3. The summed E-state index contributed by atoms with van der Waals surface area (Å²) < 4.78 is 48.5. The molecule has 2 N–H and O–H groups in total. The van der Waals surface area contributed by atoms with Gasteiger partial charge in [0, 0.05) is 18.4 Å². The SMILES string of the molecule is CC(C)(C)[C@]1(c2ccc(NC(=O)c3cnn(-c4ccc(OC(F)(F)F)cc4)c3)cc2)CN(C(=O)O)CCO1. The molecule has 2 heterocycles. The van der Waals surface area contributed by atoms with Crippen LogP contribution in [0.4, 0.5) is 23.7 Å². The van der Waals surface area contributed by atoms with Gasteiger partial charge in [-0.2, -0.15) is 5.10 Å². The molecule has 1 aromatic heterocycles. The molecule has 1 fully saturated rings. The Hall–Kier alpha value is -4.06. The van der Waals surface area contributed by atoms with E-state index in [1.54, 1.807) is 24.3 Å². The van der Waals surface area contributed by atoms with Crippen molar-refractivity contribution in [3.05, 3.63) is 72.1 Å². The van der Waals surface area contributed by atoms with Gasteiger partial charge >= 0.3 is 12.5 Å². The Labute approximate surface area is 216 Å². The van der Waals surface area contributed by atoms with E-state index in [2.05, 4.69) is 15.2 Å². The number of anilines is 1. The first-order chi connectivity index (χ1) is 17.8. The molecule has 1 aliphatic heterocycles. The number of ether oxygens (including phenoxy) is 2. The molecule has 1 aliphatic rings. The predicted octanol–water partition coefficient (Wildman–Crippen LogP) is 5.27. The summed E-state index contributed by atoms with van der Waals surface area (Å²) >= 11 is 0. The molecule has 38 heavy (non-hydrogen) atoms. The fourth-order valence-corrected chi connectivity index (χ4v) is 4.36. The van der Waals surface area contributed by atoms with Crippen molar-refractivity contribution in [3.63, 3.8) is 0 Å². The number of benzene rings is 2. The van der Waals surface area contributed by atoms with E-state index in [9.17, 15) is 27.9 Å². The monoisotopic (exact) mass is 532 g/mol. The number of carbonyl (C=O) groups excluding carboxylic acids is 1. The highest BCUT2D eigenvalue weighted by atomic mass is 19.4. The molecule has 0 spiro atoms. The highest BCUT2D eigenvalue weighted by molar-refractivity contribution is 6.04. The molecule has 0 unspecified atom stereocenters. The van der Waals surface area contributed by atoms with E-state index in [1.807, 2.05) is 20.8 Å². The first kappa shape index (κ1) is 27.0. The van der Waals surface area contributed by atoms with Crippen molar-refractivity contribution in [2.45, 2.75) is 32.7 Å². The summed E-state index contributed by atoms with van der Waals surface area (Å²) in [6, 6.07) is 12.1. The first-order valence-corrected chi connectivity index (χ1v) is 11.7. The van der Waals surface area contributed by atoms with E-state index in [4.69, 9.17) is 4.74 Å². The van der Waals surface area contributed by atoms with Gasteiger partial charge in [0.2, 0.25) is 0 Å². The van der Waals surface area contributed by atoms with Crippen molar-refractivity contribution in [3.8, 4) is 11.4 Å². The lowest BCUT2D eigenvalue weighted by Gasteiger charge is -2.50. The van der Waals surface area contributed by atoms with E-state index in [-0.39, 0.29) is 24.5 Å². The van der Waals surface area contributed by atoms with Crippen molar-refractivity contribution in [2.24, 2.45) is 5.41 Å². The van der Waals surface area contributed by atoms with Gasteiger partial charge in [-0.1, -0.05) is 32.9 Å². The smallest absolute Gasteiger partial charge is 0.465 e. The molecule has 202 valence electrons. The quantitative estimate of drug-likeness (QED) is 0.464. The molecule has 0 saturated carbocycles. The van der Waals surface area contributed by atoms with Crippen molar-refractivity contribution in [2.75, 3.05) is 25.0 Å². The molecule has 0 radical (unpaired) electrons. The van der Waals surface area contributed by atoms with Gasteiger partial charge in [0.15, 0.2) is 0 Å². The van der Waals surface area contributed by atoms with Crippen LogP contribution in [0.15, 0.2) is 60.9 Å². The summed E-state index contributed by atoms with van der Waals surface area (Å²) in [6.45, 7) is 6.71. The van der Waals surface area contributed by atoms with Crippen LogP contribution in [-0.2, 0) is 10.3 Å². The summed E-state index contributed by atoms with van der Waals surface area (Å²) in [7, 11) is 0. The molecule has 0 aliphatic carbocycles. The van der Waals surface area contributed by atoms with Crippen LogP contribution in [0, 0.1) is 5.41 Å². The number of morpholine rings is 1. The molecule has 2 amide bonds. The Balaban J connectivity index is 1.47. The maximum absolute atomic E-state index is 12.8. The molecule has 9 nitrogen and oxygen atoms in total. The third kappa shape index (κ3) is 5.75. The van der Waals surface area contributed by atoms with Crippen LogP contribution in [0.5, 0.6) is 5.75 Å². The Morgan fingerprint density at radius 2 is 1.74 bits per heavy atom. The summed E-state index contributed by atoms with van der Waals surface area (Å²) in [4.78, 5) is 25.8. The van der Waals surface area contributed by atoms with Gasteiger partial charge in [0.1, 0.15) is 11.4 Å². The maximum Gasteiger partial charge on any atom is 0.573 e. The van der Waals surface area contributed by atoms with Crippen LogP contribution >= 0.6 is 0 Å². The van der Waals surface area contributed by atoms with Crippen LogP contribution in [0.2, 0.25) is 0 Å². The number of hydrogen-bond acceptors (Lipinski definition) is 5. The second-order valence-electron chi connectivity index (χ2n) is 9.88. The molecular weight excluding hydrogens is 505 g/mol. The number of nitrogens with zero attached hydrogens (tertiary/aromatic N) is 3. The minimum Gasteiger partial charge on any atom is -0.465 e. The van der Waals surface area contributed by atoms with Crippen LogP contribution in [0.1, 0.15) is 36.7 Å². The van der Waals surface area contributed by atoms with Crippen LogP contribution < -0.4 is 10.1 Å². The predicted molar refractivity (Wildman–Crippen MR) is 131 cm³/mol. The van der Waals surface area contributed by atoms with E-state index in [0.29, 0.717) is 17.9 Å². The van der Waals surface area contributed by atoms with Gasteiger partial charge in [-0.15, -0.1) is 13.2 Å². The third-order valence-electron chi connectivity index (χ3n) is 6.39. The molecule has 4 rings (SSSR count). The molecule has 12 heteroatoms. The molecule has 0 bridgehead atoms. The van der Waals surface area contributed by atoms with Crippen LogP contribution in [0.25, 0.3) is 5.69 Å². The van der Waals surface area contributed by atoms with E-state index >= 15 is 0 Å². The Morgan fingerprint density at radius 1 is 1.08 bits per heavy atom. The number of carboxylic acid groups (broad SMARTS) is 1. The van der Waals surface area contributed by atoms with Crippen molar-refractivity contribution < 1.29 is 37.3 Å². The van der Waals surface area contributed by atoms with Crippen LogP contribution in [0.3, 0.4) is 0 Å². The lowest BCUT2D eigenvalue weighted by molar-refractivity contribution is -0.274. The largest absolute Gasteiger partial charge is 0.573 e.